The fourth-order valence-corrected chi connectivity index (χ4v) is 2.88. The number of rotatable bonds is 7. The summed E-state index contributed by atoms with van der Waals surface area (Å²) in [7, 11) is -3.05. The van der Waals surface area contributed by atoms with Gasteiger partial charge in [-0.15, -0.1) is 0 Å². The van der Waals surface area contributed by atoms with Crippen LogP contribution in [-0.2, 0) is 9.84 Å². The SMILES string of the molecule is CCS(=O)(=O)CCNc1snc(N)c1C(=O)NC(C)C. The number of nitrogen functional groups attached to an aromatic ring is 1. The highest BCUT2D eigenvalue weighted by Gasteiger charge is 2.20. The minimum Gasteiger partial charge on any atom is -0.382 e. The average Bonchev–Trinajstić information content (AvgIpc) is 2.69. The lowest BCUT2D eigenvalue weighted by molar-refractivity contribution is 0.0945. The van der Waals surface area contributed by atoms with Crippen molar-refractivity contribution >= 4 is 38.1 Å². The Kier molecular flexibility index (Phi) is 5.75. The third kappa shape index (κ3) is 4.64. The molecule has 4 N–H and O–H groups in total. The predicted molar refractivity (Wildman–Crippen MR) is 81.9 cm³/mol. The van der Waals surface area contributed by atoms with E-state index in [0.29, 0.717) is 5.00 Å². The Balaban J connectivity index is 2.75. The Morgan fingerprint density at radius 1 is 1.45 bits per heavy atom. The molecule has 0 unspecified atom stereocenters. The van der Waals surface area contributed by atoms with E-state index in [1.807, 2.05) is 13.8 Å². The molecule has 0 bridgehead atoms. The highest BCUT2D eigenvalue weighted by molar-refractivity contribution is 7.91. The van der Waals surface area contributed by atoms with E-state index in [2.05, 4.69) is 15.0 Å². The van der Waals surface area contributed by atoms with Gasteiger partial charge >= 0.3 is 0 Å². The molecular formula is C11H20N4O3S2. The van der Waals surface area contributed by atoms with Gasteiger partial charge in [0.2, 0.25) is 0 Å². The predicted octanol–water partition coefficient (Wildman–Crippen LogP) is 0.710. The van der Waals surface area contributed by atoms with Crippen LogP contribution in [0.2, 0.25) is 0 Å². The smallest absolute Gasteiger partial charge is 0.258 e. The Morgan fingerprint density at radius 2 is 2.10 bits per heavy atom. The van der Waals surface area contributed by atoms with E-state index in [1.165, 1.54) is 0 Å². The standard InChI is InChI=1S/C11H20N4O3S2/c1-4-20(17,18)6-5-13-11-8(9(12)15-19-11)10(16)14-7(2)3/h7,13H,4-6H2,1-3H3,(H2,12,15)(H,14,16). The van der Waals surface area contributed by atoms with Gasteiger partial charge < -0.3 is 16.4 Å². The summed E-state index contributed by atoms with van der Waals surface area (Å²) in [6.07, 6.45) is 0. The summed E-state index contributed by atoms with van der Waals surface area (Å²) >= 11 is 1.05. The molecule has 1 rings (SSSR count). The fourth-order valence-electron chi connectivity index (χ4n) is 1.44. The molecule has 0 spiro atoms. The van der Waals surface area contributed by atoms with Crippen molar-refractivity contribution in [2.45, 2.75) is 26.8 Å². The number of anilines is 2. The molecule has 0 saturated heterocycles. The number of nitrogens with two attached hydrogens (primary N) is 1. The maximum atomic E-state index is 12.0. The third-order valence-corrected chi connectivity index (χ3v) is 5.03. The van der Waals surface area contributed by atoms with Crippen molar-refractivity contribution in [1.29, 1.82) is 0 Å². The van der Waals surface area contributed by atoms with Crippen LogP contribution in [0, 0.1) is 0 Å². The van der Waals surface area contributed by atoms with E-state index in [0.717, 1.165) is 11.5 Å². The van der Waals surface area contributed by atoms with Crippen molar-refractivity contribution in [3.8, 4) is 0 Å². The van der Waals surface area contributed by atoms with Gasteiger partial charge in [-0.25, -0.2) is 8.42 Å². The summed E-state index contributed by atoms with van der Waals surface area (Å²) in [5, 5.41) is 6.14. The molecule has 0 aliphatic heterocycles. The van der Waals surface area contributed by atoms with Crippen molar-refractivity contribution in [2.24, 2.45) is 0 Å². The molecule has 7 nitrogen and oxygen atoms in total. The largest absolute Gasteiger partial charge is 0.382 e. The minimum absolute atomic E-state index is 0.00649. The number of aromatic nitrogens is 1. The Morgan fingerprint density at radius 3 is 2.65 bits per heavy atom. The van der Waals surface area contributed by atoms with Gasteiger partial charge in [0, 0.05) is 18.3 Å². The number of hydrogen-bond donors (Lipinski definition) is 3. The topological polar surface area (TPSA) is 114 Å². The first-order valence-electron chi connectivity index (χ1n) is 6.27. The van der Waals surface area contributed by atoms with Gasteiger partial charge in [-0.3, -0.25) is 4.79 Å². The first-order chi connectivity index (χ1) is 9.26. The minimum atomic E-state index is -3.05. The Hall–Kier alpha value is -1.35. The van der Waals surface area contributed by atoms with Gasteiger partial charge in [-0.2, -0.15) is 4.37 Å². The molecule has 0 radical (unpaired) electrons. The van der Waals surface area contributed by atoms with Crippen LogP contribution >= 0.6 is 11.5 Å². The molecule has 20 heavy (non-hydrogen) atoms. The number of nitrogens with zero attached hydrogens (tertiary/aromatic N) is 1. The molecule has 114 valence electrons. The summed E-state index contributed by atoms with van der Waals surface area (Å²) in [5.41, 5.74) is 5.96. The molecule has 1 heterocycles. The van der Waals surface area contributed by atoms with Gasteiger partial charge in [0.15, 0.2) is 15.7 Å². The van der Waals surface area contributed by atoms with E-state index in [-0.39, 0.29) is 41.4 Å². The monoisotopic (exact) mass is 320 g/mol. The van der Waals surface area contributed by atoms with Crippen LogP contribution < -0.4 is 16.4 Å². The zero-order valence-corrected chi connectivity index (χ0v) is 13.4. The number of hydrogen-bond acceptors (Lipinski definition) is 7. The highest BCUT2D eigenvalue weighted by Crippen LogP contribution is 2.26. The number of nitrogens with one attached hydrogen (secondary N) is 2. The molecule has 1 amide bonds. The van der Waals surface area contributed by atoms with Gasteiger partial charge in [-0.1, -0.05) is 6.92 Å². The van der Waals surface area contributed by atoms with Crippen LogP contribution in [-0.4, -0.2) is 42.8 Å². The van der Waals surface area contributed by atoms with Gasteiger partial charge in [0.1, 0.15) is 10.6 Å². The number of carbonyl (C=O) groups excluding carboxylic acids is 1. The number of sulfone groups is 1. The fraction of sp³-hybridized carbons (Fsp3) is 0.636. The van der Waals surface area contributed by atoms with Crippen LogP contribution in [0.25, 0.3) is 0 Å². The van der Waals surface area contributed by atoms with E-state index in [4.69, 9.17) is 5.73 Å². The molecular weight excluding hydrogens is 300 g/mol. The molecule has 0 saturated carbocycles. The van der Waals surface area contributed by atoms with Crippen molar-refractivity contribution in [3.63, 3.8) is 0 Å². The molecule has 0 aliphatic rings. The summed E-state index contributed by atoms with van der Waals surface area (Å²) < 4.78 is 26.7. The summed E-state index contributed by atoms with van der Waals surface area (Å²) in [4.78, 5) is 12.0. The molecule has 0 atom stereocenters. The summed E-state index contributed by atoms with van der Waals surface area (Å²) in [6, 6.07) is -0.0184. The zero-order valence-electron chi connectivity index (χ0n) is 11.8. The lowest BCUT2D eigenvalue weighted by Gasteiger charge is -2.10. The molecule has 0 aliphatic carbocycles. The van der Waals surface area contributed by atoms with E-state index >= 15 is 0 Å². The van der Waals surface area contributed by atoms with Gasteiger partial charge in [0.25, 0.3) is 5.91 Å². The van der Waals surface area contributed by atoms with E-state index < -0.39 is 9.84 Å². The van der Waals surface area contributed by atoms with Crippen molar-refractivity contribution < 1.29 is 13.2 Å². The van der Waals surface area contributed by atoms with Crippen molar-refractivity contribution in [3.05, 3.63) is 5.56 Å². The van der Waals surface area contributed by atoms with Gasteiger partial charge in [0.05, 0.1) is 5.75 Å². The summed E-state index contributed by atoms with van der Waals surface area (Å²) in [5.74, 6) is -0.0617. The number of carbonyl (C=O) groups is 1. The zero-order chi connectivity index (χ0) is 15.3. The maximum Gasteiger partial charge on any atom is 0.258 e. The van der Waals surface area contributed by atoms with Crippen molar-refractivity contribution in [1.82, 2.24) is 9.69 Å². The molecule has 1 aromatic heterocycles. The maximum absolute atomic E-state index is 12.0. The molecule has 0 fully saturated rings. The second kappa shape index (κ2) is 6.89. The third-order valence-electron chi connectivity index (χ3n) is 2.50. The molecule has 1 aromatic rings. The lowest BCUT2D eigenvalue weighted by Crippen LogP contribution is -2.31. The van der Waals surface area contributed by atoms with Crippen LogP contribution in [0.5, 0.6) is 0 Å². The van der Waals surface area contributed by atoms with Gasteiger partial charge in [-0.05, 0) is 25.4 Å². The normalized spacial score (nSPS) is 11.6. The quantitative estimate of drug-likeness (QED) is 0.682. The lowest BCUT2D eigenvalue weighted by atomic mass is 10.2. The van der Waals surface area contributed by atoms with Crippen LogP contribution in [0.1, 0.15) is 31.1 Å². The van der Waals surface area contributed by atoms with Crippen LogP contribution in [0.15, 0.2) is 0 Å². The Bertz CT molecular complexity index is 566. The van der Waals surface area contributed by atoms with E-state index in [1.54, 1.807) is 6.92 Å². The second-order valence-corrected chi connectivity index (χ2v) is 7.81. The second-order valence-electron chi connectivity index (χ2n) is 4.56. The van der Waals surface area contributed by atoms with Crippen LogP contribution in [0.3, 0.4) is 0 Å². The number of amides is 1. The first kappa shape index (κ1) is 16.7. The Labute approximate surface area is 123 Å². The first-order valence-corrected chi connectivity index (χ1v) is 8.86. The van der Waals surface area contributed by atoms with E-state index in [9.17, 15) is 13.2 Å². The summed E-state index contributed by atoms with van der Waals surface area (Å²) in [6.45, 7) is 5.50. The average molecular weight is 320 g/mol. The highest BCUT2D eigenvalue weighted by atomic mass is 32.2. The van der Waals surface area contributed by atoms with Crippen LogP contribution in [0.4, 0.5) is 10.8 Å². The van der Waals surface area contributed by atoms with Crippen molar-refractivity contribution in [2.75, 3.05) is 29.1 Å². The molecule has 9 heteroatoms. The molecule has 0 aromatic carbocycles.